The molecule has 0 fully saturated rings. The van der Waals surface area contributed by atoms with Crippen LogP contribution in [0.15, 0.2) is 55.1 Å². The van der Waals surface area contributed by atoms with E-state index in [1.807, 2.05) is 0 Å². The fourth-order valence-corrected chi connectivity index (χ4v) is 2.22. The minimum atomic E-state index is 0.194. The highest BCUT2D eigenvalue weighted by atomic mass is 14.2. The average Bonchev–Trinajstić information content (AvgIpc) is 2.36. The largest absolute Gasteiger partial charge is 0.0955 e. The van der Waals surface area contributed by atoms with Gasteiger partial charge in [0.2, 0.25) is 0 Å². The number of allylic oxidation sites excluding steroid dienone is 4. The highest BCUT2D eigenvalue weighted by molar-refractivity contribution is 5.66. The van der Waals surface area contributed by atoms with Crippen molar-refractivity contribution in [1.82, 2.24) is 0 Å². The molecule has 0 heterocycles. The standard InChI is InChI=1S/C22H32/c1-17(10-9-15-21(3,4)5)16-18(2)19-11-13-20(14-12-19)22(6,7)8/h9-14H,1-2,15-16H2,3-8H3/b10-9-. The number of hydrogen-bond donors (Lipinski definition) is 0. The monoisotopic (exact) mass is 296 g/mol. The normalized spacial score (nSPS) is 12.6. The third-order valence-electron chi connectivity index (χ3n) is 3.68. The lowest BCUT2D eigenvalue weighted by Gasteiger charge is -2.19. The van der Waals surface area contributed by atoms with Crippen LogP contribution in [0.25, 0.3) is 5.57 Å². The van der Waals surface area contributed by atoms with Gasteiger partial charge in [0.15, 0.2) is 0 Å². The molecular formula is C22H32. The van der Waals surface area contributed by atoms with Crippen molar-refractivity contribution in [2.24, 2.45) is 5.41 Å². The molecule has 0 bridgehead atoms. The van der Waals surface area contributed by atoms with Crippen LogP contribution in [0.1, 0.15) is 65.5 Å². The highest BCUT2D eigenvalue weighted by Gasteiger charge is 2.13. The SMILES string of the molecule is C=C(/C=C\CC(C)(C)C)CC(=C)c1ccc(C(C)(C)C)cc1. The Morgan fingerprint density at radius 2 is 1.50 bits per heavy atom. The Hall–Kier alpha value is -1.56. The van der Waals surface area contributed by atoms with Crippen molar-refractivity contribution in [3.8, 4) is 0 Å². The summed E-state index contributed by atoms with van der Waals surface area (Å²) in [6, 6.07) is 8.77. The van der Waals surface area contributed by atoms with Crippen molar-refractivity contribution in [3.05, 3.63) is 66.3 Å². The van der Waals surface area contributed by atoms with E-state index in [4.69, 9.17) is 0 Å². The van der Waals surface area contributed by atoms with E-state index < -0.39 is 0 Å². The quantitative estimate of drug-likeness (QED) is 0.516. The van der Waals surface area contributed by atoms with Crippen LogP contribution in [0.4, 0.5) is 0 Å². The predicted octanol–water partition coefficient (Wildman–Crippen LogP) is 6.94. The zero-order valence-corrected chi connectivity index (χ0v) is 15.3. The lowest BCUT2D eigenvalue weighted by Crippen LogP contribution is -2.10. The van der Waals surface area contributed by atoms with Crippen LogP contribution < -0.4 is 0 Å². The van der Waals surface area contributed by atoms with Crippen LogP contribution in [0.5, 0.6) is 0 Å². The van der Waals surface area contributed by atoms with Gasteiger partial charge in [-0.3, -0.25) is 0 Å². The van der Waals surface area contributed by atoms with E-state index in [0.29, 0.717) is 5.41 Å². The van der Waals surface area contributed by atoms with Gasteiger partial charge in [-0.05, 0) is 40.4 Å². The summed E-state index contributed by atoms with van der Waals surface area (Å²) in [5.41, 5.74) is 5.33. The first-order valence-electron chi connectivity index (χ1n) is 8.12. The van der Waals surface area contributed by atoms with Crippen molar-refractivity contribution in [2.75, 3.05) is 0 Å². The van der Waals surface area contributed by atoms with Crippen molar-refractivity contribution < 1.29 is 0 Å². The zero-order valence-electron chi connectivity index (χ0n) is 15.3. The highest BCUT2D eigenvalue weighted by Crippen LogP contribution is 2.26. The van der Waals surface area contributed by atoms with E-state index in [1.54, 1.807) is 0 Å². The molecule has 1 aromatic rings. The first kappa shape index (κ1) is 18.5. The Balaban J connectivity index is 2.64. The number of rotatable bonds is 5. The van der Waals surface area contributed by atoms with Gasteiger partial charge in [-0.15, -0.1) is 0 Å². The van der Waals surface area contributed by atoms with Crippen molar-refractivity contribution in [3.63, 3.8) is 0 Å². The fourth-order valence-electron chi connectivity index (χ4n) is 2.22. The number of benzene rings is 1. The maximum atomic E-state index is 4.22. The zero-order chi connectivity index (χ0) is 17.0. The van der Waals surface area contributed by atoms with Gasteiger partial charge in [0.25, 0.3) is 0 Å². The second-order valence-corrected chi connectivity index (χ2v) is 8.43. The summed E-state index contributed by atoms with van der Waals surface area (Å²) in [5.74, 6) is 0. The van der Waals surface area contributed by atoms with Gasteiger partial charge in [-0.25, -0.2) is 0 Å². The first-order chi connectivity index (χ1) is 9.99. The van der Waals surface area contributed by atoms with Crippen LogP contribution in [0, 0.1) is 5.41 Å². The Kier molecular flexibility index (Phi) is 6.00. The Bertz CT molecular complexity index is 539. The van der Waals surface area contributed by atoms with E-state index >= 15 is 0 Å². The minimum Gasteiger partial charge on any atom is -0.0955 e. The summed E-state index contributed by atoms with van der Waals surface area (Å²) < 4.78 is 0. The third kappa shape index (κ3) is 6.47. The molecule has 0 nitrogen and oxygen atoms in total. The molecule has 0 aliphatic heterocycles. The van der Waals surface area contributed by atoms with Gasteiger partial charge >= 0.3 is 0 Å². The molecule has 0 spiro atoms. The molecule has 0 aliphatic carbocycles. The molecule has 0 unspecified atom stereocenters. The first-order valence-corrected chi connectivity index (χ1v) is 8.12. The summed E-state index contributed by atoms with van der Waals surface area (Å²) in [6.07, 6.45) is 6.26. The molecule has 0 atom stereocenters. The maximum Gasteiger partial charge on any atom is -0.00317 e. The summed E-state index contributed by atoms with van der Waals surface area (Å²) in [5, 5.41) is 0. The van der Waals surface area contributed by atoms with Gasteiger partial charge in [0.1, 0.15) is 0 Å². The topological polar surface area (TPSA) is 0 Å². The molecule has 1 rings (SSSR count). The average molecular weight is 296 g/mol. The maximum absolute atomic E-state index is 4.22. The van der Waals surface area contributed by atoms with Crippen LogP contribution >= 0.6 is 0 Å². The number of hydrogen-bond acceptors (Lipinski definition) is 0. The molecule has 0 saturated carbocycles. The van der Waals surface area contributed by atoms with Crippen molar-refractivity contribution in [2.45, 2.75) is 59.8 Å². The molecule has 1 aromatic carbocycles. The molecule has 0 aromatic heterocycles. The molecule has 0 heteroatoms. The van der Waals surface area contributed by atoms with Gasteiger partial charge in [-0.1, -0.05) is 96.7 Å². The van der Waals surface area contributed by atoms with E-state index in [9.17, 15) is 0 Å². The van der Waals surface area contributed by atoms with Crippen LogP contribution in [0.3, 0.4) is 0 Å². The van der Waals surface area contributed by atoms with Crippen LogP contribution in [0.2, 0.25) is 0 Å². The fraction of sp³-hybridized carbons (Fsp3) is 0.455. The Morgan fingerprint density at radius 1 is 0.955 bits per heavy atom. The summed E-state index contributed by atoms with van der Waals surface area (Å²) >= 11 is 0. The molecule has 0 radical (unpaired) electrons. The molecule has 0 N–H and O–H groups in total. The Morgan fingerprint density at radius 3 is 1.95 bits per heavy atom. The second-order valence-electron chi connectivity index (χ2n) is 8.43. The summed E-state index contributed by atoms with van der Waals surface area (Å²) in [7, 11) is 0. The van der Waals surface area contributed by atoms with Gasteiger partial charge in [-0.2, -0.15) is 0 Å². The molecule has 0 amide bonds. The van der Waals surface area contributed by atoms with E-state index in [-0.39, 0.29) is 5.41 Å². The van der Waals surface area contributed by atoms with Crippen molar-refractivity contribution >= 4 is 5.57 Å². The van der Waals surface area contributed by atoms with Crippen molar-refractivity contribution in [1.29, 1.82) is 0 Å². The van der Waals surface area contributed by atoms with E-state index in [2.05, 4.69) is 91.1 Å². The predicted molar refractivity (Wildman–Crippen MR) is 101 cm³/mol. The minimum absolute atomic E-state index is 0.194. The Labute approximate surface area is 137 Å². The van der Waals surface area contributed by atoms with E-state index in [1.165, 1.54) is 11.1 Å². The molecular weight excluding hydrogens is 264 g/mol. The van der Waals surface area contributed by atoms with Gasteiger partial charge in [0.05, 0.1) is 0 Å². The lowest BCUT2D eigenvalue weighted by atomic mass is 9.86. The lowest BCUT2D eigenvalue weighted by molar-refractivity contribution is 0.420. The van der Waals surface area contributed by atoms with Crippen LogP contribution in [-0.2, 0) is 5.41 Å². The molecule has 0 aliphatic rings. The molecule has 120 valence electrons. The smallest absolute Gasteiger partial charge is 0.00317 e. The molecule has 22 heavy (non-hydrogen) atoms. The van der Waals surface area contributed by atoms with E-state index in [0.717, 1.165) is 24.0 Å². The van der Waals surface area contributed by atoms with Gasteiger partial charge < -0.3 is 0 Å². The molecule has 0 saturated heterocycles. The van der Waals surface area contributed by atoms with Crippen LogP contribution in [-0.4, -0.2) is 0 Å². The van der Waals surface area contributed by atoms with Gasteiger partial charge in [0, 0.05) is 0 Å². The third-order valence-corrected chi connectivity index (χ3v) is 3.68. The summed E-state index contributed by atoms with van der Waals surface area (Å²) in [4.78, 5) is 0. The second kappa shape index (κ2) is 7.13. The summed E-state index contributed by atoms with van der Waals surface area (Å²) in [6.45, 7) is 21.8.